The van der Waals surface area contributed by atoms with E-state index >= 15 is 0 Å². The Bertz CT molecular complexity index is 588. The van der Waals surface area contributed by atoms with Crippen LogP contribution in [-0.2, 0) is 6.54 Å². The smallest absolute Gasteiger partial charge is 0.156 e. The number of hydrogen-bond donors (Lipinski definition) is 1. The van der Waals surface area contributed by atoms with Crippen molar-refractivity contribution in [3.05, 3.63) is 37.3 Å². The van der Waals surface area contributed by atoms with Crippen molar-refractivity contribution in [3.8, 4) is 0 Å². The molecule has 2 aromatic heterocycles. The number of carbonyl (C=O) groups excluding carboxylic acids is 1. The van der Waals surface area contributed by atoms with Gasteiger partial charge in [-0.2, -0.15) is 0 Å². The topological polar surface area (TPSA) is 54.9 Å². The number of thiophene rings is 1. The van der Waals surface area contributed by atoms with Crippen molar-refractivity contribution in [2.24, 2.45) is 0 Å². The molecular weight excluding hydrogens is 338 g/mol. The zero-order valence-corrected chi connectivity index (χ0v) is 12.6. The summed E-state index contributed by atoms with van der Waals surface area (Å²) < 4.78 is 1.06. The van der Waals surface area contributed by atoms with Crippen LogP contribution in [0.1, 0.15) is 21.1 Å². The Morgan fingerprint density at radius 3 is 2.89 bits per heavy atom. The fraction of sp³-hybridized carbons (Fsp3) is 0.182. The zero-order chi connectivity index (χ0) is 13.1. The lowest BCUT2D eigenvalue weighted by Gasteiger charge is -2.08. The van der Waals surface area contributed by atoms with E-state index in [0.717, 1.165) is 8.66 Å². The van der Waals surface area contributed by atoms with Crippen LogP contribution in [0.5, 0.6) is 0 Å². The lowest BCUT2D eigenvalue weighted by molar-refractivity contribution is 0.112. The van der Waals surface area contributed by atoms with Crippen molar-refractivity contribution < 1.29 is 4.79 Å². The van der Waals surface area contributed by atoms with E-state index in [-0.39, 0.29) is 10.7 Å². The molecule has 0 fully saturated rings. The molecule has 2 rings (SSSR count). The van der Waals surface area contributed by atoms with Gasteiger partial charge in [0, 0.05) is 4.88 Å². The van der Waals surface area contributed by atoms with Crippen molar-refractivity contribution in [2.45, 2.75) is 13.5 Å². The van der Waals surface area contributed by atoms with Crippen LogP contribution in [0.2, 0.25) is 5.15 Å². The molecule has 0 amide bonds. The second kappa shape index (κ2) is 5.77. The summed E-state index contributed by atoms with van der Waals surface area (Å²) in [6, 6.07) is 3.97. The molecule has 0 atom stereocenters. The summed E-state index contributed by atoms with van der Waals surface area (Å²) in [5.74, 6) is 0.993. The summed E-state index contributed by atoms with van der Waals surface area (Å²) in [6.45, 7) is 2.32. The van der Waals surface area contributed by atoms with Gasteiger partial charge in [0.05, 0.1) is 15.9 Å². The Hall–Kier alpha value is -0.980. The minimum atomic E-state index is 0.173. The van der Waals surface area contributed by atoms with Crippen molar-refractivity contribution in [3.63, 3.8) is 0 Å². The van der Waals surface area contributed by atoms with Gasteiger partial charge in [0.1, 0.15) is 16.8 Å². The maximum atomic E-state index is 11.0. The molecule has 2 aromatic rings. The molecule has 1 N–H and O–H groups in total. The summed E-state index contributed by atoms with van der Waals surface area (Å²) in [5, 5.41) is 3.27. The molecule has 4 nitrogen and oxygen atoms in total. The maximum absolute atomic E-state index is 11.0. The Kier molecular flexibility index (Phi) is 4.31. The van der Waals surface area contributed by atoms with Gasteiger partial charge in [-0.3, -0.25) is 4.79 Å². The Morgan fingerprint density at radius 1 is 1.50 bits per heavy atom. The highest BCUT2D eigenvalue weighted by atomic mass is 79.9. The van der Waals surface area contributed by atoms with E-state index in [1.54, 1.807) is 18.3 Å². The van der Waals surface area contributed by atoms with Crippen LogP contribution in [0.25, 0.3) is 0 Å². The third-order valence-electron chi connectivity index (χ3n) is 2.19. The van der Waals surface area contributed by atoms with E-state index in [4.69, 9.17) is 11.6 Å². The average Bonchev–Trinajstić information content (AvgIpc) is 2.72. The number of nitrogens with zero attached hydrogens (tertiary/aromatic N) is 2. The first-order valence-electron chi connectivity index (χ1n) is 5.07. The molecule has 2 heterocycles. The fourth-order valence-electron chi connectivity index (χ4n) is 1.40. The van der Waals surface area contributed by atoms with Crippen molar-refractivity contribution in [1.29, 1.82) is 0 Å². The molecule has 0 aliphatic rings. The van der Waals surface area contributed by atoms with E-state index in [1.165, 1.54) is 0 Å². The molecule has 0 saturated heterocycles. The number of hydrogen-bond acceptors (Lipinski definition) is 5. The molecule has 0 bridgehead atoms. The lowest BCUT2D eigenvalue weighted by Crippen LogP contribution is -2.06. The highest BCUT2D eigenvalue weighted by Gasteiger charge is 2.11. The summed E-state index contributed by atoms with van der Waals surface area (Å²) in [5.41, 5.74) is 0.290. The second-order valence-electron chi connectivity index (χ2n) is 3.50. The molecule has 0 unspecified atom stereocenters. The van der Waals surface area contributed by atoms with Crippen LogP contribution in [0.3, 0.4) is 0 Å². The van der Waals surface area contributed by atoms with Gasteiger partial charge < -0.3 is 5.32 Å². The van der Waals surface area contributed by atoms with E-state index in [0.29, 0.717) is 24.5 Å². The third kappa shape index (κ3) is 3.07. The third-order valence-corrected chi connectivity index (χ3v) is 4.10. The van der Waals surface area contributed by atoms with Gasteiger partial charge in [-0.05, 0) is 35.0 Å². The largest absolute Gasteiger partial charge is 0.364 e. The molecule has 18 heavy (non-hydrogen) atoms. The minimum absolute atomic E-state index is 0.173. The van der Waals surface area contributed by atoms with Crippen LogP contribution in [0.4, 0.5) is 5.82 Å². The van der Waals surface area contributed by atoms with Crippen LogP contribution in [0.15, 0.2) is 15.9 Å². The molecule has 0 spiro atoms. The SMILES string of the molecule is Cc1nc(Cl)c(C=O)c(NCc2ccc(Br)s2)n1. The molecule has 7 heteroatoms. The minimum Gasteiger partial charge on any atom is -0.364 e. The summed E-state index contributed by atoms with van der Waals surface area (Å²) in [4.78, 5) is 20.2. The highest BCUT2D eigenvalue weighted by molar-refractivity contribution is 9.11. The van der Waals surface area contributed by atoms with Crippen LogP contribution < -0.4 is 5.32 Å². The number of aldehydes is 1. The van der Waals surface area contributed by atoms with E-state index in [1.807, 2.05) is 12.1 Å². The Labute approximate surface area is 122 Å². The second-order valence-corrected chi connectivity index (χ2v) is 6.41. The van der Waals surface area contributed by atoms with Crippen LogP contribution in [-0.4, -0.2) is 16.3 Å². The predicted octanol–water partition coefficient (Wildman–Crippen LogP) is 3.69. The van der Waals surface area contributed by atoms with Crippen LogP contribution >= 0.6 is 38.9 Å². The first kappa shape index (κ1) is 13.5. The van der Waals surface area contributed by atoms with Gasteiger partial charge in [-0.1, -0.05) is 11.6 Å². The van der Waals surface area contributed by atoms with Gasteiger partial charge in [0.15, 0.2) is 6.29 Å². The highest BCUT2D eigenvalue weighted by Crippen LogP contribution is 2.24. The first-order chi connectivity index (χ1) is 8.60. The van der Waals surface area contributed by atoms with Crippen molar-refractivity contribution in [2.75, 3.05) is 5.32 Å². The van der Waals surface area contributed by atoms with Crippen molar-refractivity contribution >= 4 is 51.0 Å². The standard InChI is InChI=1S/C11H9BrClN3OS/c1-6-15-10(13)8(5-17)11(16-6)14-4-7-2-3-9(12)18-7/h2-3,5H,4H2,1H3,(H,14,15,16). The maximum Gasteiger partial charge on any atom is 0.156 e. The summed E-state index contributed by atoms with van der Waals surface area (Å²) in [6.07, 6.45) is 0.661. The molecule has 0 saturated carbocycles. The quantitative estimate of drug-likeness (QED) is 0.677. The molecule has 0 aromatic carbocycles. The summed E-state index contributed by atoms with van der Waals surface area (Å²) >= 11 is 10.9. The number of anilines is 1. The first-order valence-corrected chi connectivity index (χ1v) is 7.06. The lowest BCUT2D eigenvalue weighted by atomic mass is 10.3. The van der Waals surface area contributed by atoms with E-state index in [9.17, 15) is 4.79 Å². The average molecular weight is 347 g/mol. The number of nitrogens with one attached hydrogen (secondary N) is 1. The summed E-state index contributed by atoms with van der Waals surface area (Å²) in [7, 11) is 0. The molecule has 0 aliphatic heterocycles. The zero-order valence-electron chi connectivity index (χ0n) is 9.41. The van der Waals surface area contributed by atoms with Gasteiger partial charge in [-0.25, -0.2) is 9.97 Å². The molecule has 0 radical (unpaired) electrons. The molecular formula is C11H9BrClN3OS. The molecule has 94 valence electrons. The van der Waals surface area contributed by atoms with Gasteiger partial charge >= 0.3 is 0 Å². The van der Waals surface area contributed by atoms with Crippen LogP contribution in [0, 0.1) is 6.92 Å². The number of aryl methyl sites for hydroxylation is 1. The van der Waals surface area contributed by atoms with E-state index < -0.39 is 0 Å². The monoisotopic (exact) mass is 345 g/mol. The fourth-order valence-corrected chi connectivity index (χ4v) is 3.08. The van der Waals surface area contributed by atoms with Gasteiger partial charge in [-0.15, -0.1) is 11.3 Å². The van der Waals surface area contributed by atoms with Gasteiger partial charge in [0.2, 0.25) is 0 Å². The number of carbonyl (C=O) groups is 1. The molecule has 0 aliphatic carbocycles. The normalized spacial score (nSPS) is 10.4. The van der Waals surface area contributed by atoms with Crippen molar-refractivity contribution in [1.82, 2.24) is 9.97 Å². The van der Waals surface area contributed by atoms with E-state index in [2.05, 4.69) is 31.2 Å². The van der Waals surface area contributed by atoms with Gasteiger partial charge in [0.25, 0.3) is 0 Å². The Balaban J connectivity index is 2.20. The number of aromatic nitrogens is 2. The number of rotatable bonds is 4. The predicted molar refractivity (Wildman–Crippen MR) is 76.5 cm³/mol. The Morgan fingerprint density at radius 2 is 2.28 bits per heavy atom. The number of halogens is 2.